The van der Waals surface area contributed by atoms with E-state index in [0.29, 0.717) is 23.4 Å². The summed E-state index contributed by atoms with van der Waals surface area (Å²) >= 11 is 0. The van der Waals surface area contributed by atoms with Crippen LogP contribution in [0.3, 0.4) is 0 Å². The average Bonchev–Trinajstić information content (AvgIpc) is 2.84. The fourth-order valence-electron chi connectivity index (χ4n) is 3.83. The predicted octanol–water partition coefficient (Wildman–Crippen LogP) is 5.06. The average molecular weight is 439 g/mol. The molecule has 0 bridgehead atoms. The van der Waals surface area contributed by atoms with Crippen LogP contribution in [0.1, 0.15) is 33.2 Å². The van der Waals surface area contributed by atoms with E-state index < -0.39 is 0 Å². The zero-order valence-corrected chi connectivity index (χ0v) is 18.9. The first-order chi connectivity index (χ1) is 16.0. The van der Waals surface area contributed by atoms with Crippen molar-refractivity contribution >= 4 is 34.1 Å². The molecule has 4 aromatic rings. The Hall–Kier alpha value is -4.19. The Morgan fingerprint density at radius 3 is 2.30 bits per heavy atom. The van der Waals surface area contributed by atoms with E-state index in [1.54, 1.807) is 13.2 Å². The number of benzene rings is 3. The lowest BCUT2D eigenvalue weighted by Crippen LogP contribution is -2.23. The molecule has 0 fully saturated rings. The molecule has 6 nitrogen and oxygen atoms in total. The van der Waals surface area contributed by atoms with Crippen LogP contribution in [0.25, 0.3) is 22.0 Å². The third-order valence-corrected chi connectivity index (χ3v) is 5.52. The molecular weight excluding hydrogens is 412 g/mol. The number of hydrogen-bond donors (Lipinski definition) is 3. The molecular formula is C27H26N4O2. The van der Waals surface area contributed by atoms with Gasteiger partial charge in [0.15, 0.2) is 0 Å². The summed E-state index contributed by atoms with van der Waals surface area (Å²) in [6.07, 6.45) is 1.61. The second kappa shape index (κ2) is 9.53. The van der Waals surface area contributed by atoms with Crippen LogP contribution in [-0.2, 0) is 0 Å². The number of carbonyl (C=O) groups is 2. The Morgan fingerprint density at radius 2 is 1.61 bits per heavy atom. The molecule has 4 rings (SSSR count). The van der Waals surface area contributed by atoms with E-state index in [9.17, 15) is 9.59 Å². The third kappa shape index (κ3) is 4.55. The first-order valence-electron chi connectivity index (χ1n) is 10.9. The highest BCUT2D eigenvalue weighted by Gasteiger charge is 2.17. The molecule has 33 heavy (non-hydrogen) atoms. The van der Waals surface area contributed by atoms with Gasteiger partial charge in [0.05, 0.1) is 16.8 Å². The summed E-state index contributed by atoms with van der Waals surface area (Å²) in [5.74, 6) is -0.288. The summed E-state index contributed by atoms with van der Waals surface area (Å²) in [6.45, 7) is 4.34. The number of fused-ring (bicyclic) bond motifs is 1. The van der Waals surface area contributed by atoms with Gasteiger partial charge in [-0.05, 0) is 60.9 Å². The minimum atomic E-state index is -0.179. The number of para-hydroxylation sites is 1. The summed E-state index contributed by atoms with van der Waals surface area (Å²) in [4.78, 5) is 29.4. The normalized spacial score (nSPS) is 10.6. The van der Waals surface area contributed by atoms with Crippen molar-refractivity contribution in [1.82, 2.24) is 15.6 Å². The maximum atomic E-state index is 12.8. The van der Waals surface area contributed by atoms with Crippen LogP contribution >= 0.6 is 0 Å². The van der Waals surface area contributed by atoms with Crippen molar-refractivity contribution in [3.63, 3.8) is 0 Å². The van der Waals surface area contributed by atoms with Crippen LogP contribution in [0.4, 0.5) is 11.4 Å². The van der Waals surface area contributed by atoms with Gasteiger partial charge in [0.1, 0.15) is 0 Å². The number of anilines is 2. The smallest absolute Gasteiger partial charge is 0.254 e. The second-order valence-electron chi connectivity index (χ2n) is 7.74. The van der Waals surface area contributed by atoms with Gasteiger partial charge in [-0.15, -0.1) is 0 Å². The van der Waals surface area contributed by atoms with E-state index in [4.69, 9.17) is 0 Å². The lowest BCUT2D eigenvalue weighted by molar-refractivity contribution is 0.0950. The van der Waals surface area contributed by atoms with Crippen molar-refractivity contribution in [3.8, 4) is 11.1 Å². The maximum Gasteiger partial charge on any atom is 0.254 e. The van der Waals surface area contributed by atoms with E-state index in [0.717, 1.165) is 33.3 Å². The molecule has 3 N–H and O–H groups in total. The molecule has 3 aromatic carbocycles. The highest BCUT2D eigenvalue weighted by molar-refractivity contribution is 6.08. The molecule has 0 aliphatic rings. The minimum absolute atomic E-state index is 0.109. The van der Waals surface area contributed by atoms with Crippen LogP contribution in [0, 0.1) is 6.92 Å². The molecule has 1 aromatic heterocycles. The molecule has 0 spiro atoms. The molecule has 2 amide bonds. The van der Waals surface area contributed by atoms with Crippen LogP contribution in [0.15, 0.2) is 72.9 Å². The number of hydrogen-bond acceptors (Lipinski definition) is 4. The monoisotopic (exact) mass is 438 g/mol. The number of pyridine rings is 1. The van der Waals surface area contributed by atoms with E-state index in [-0.39, 0.29) is 11.8 Å². The second-order valence-corrected chi connectivity index (χ2v) is 7.74. The molecule has 0 aliphatic heterocycles. The van der Waals surface area contributed by atoms with Gasteiger partial charge in [0, 0.05) is 36.4 Å². The molecule has 0 radical (unpaired) electrons. The molecule has 1 heterocycles. The van der Waals surface area contributed by atoms with E-state index >= 15 is 0 Å². The predicted molar refractivity (Wildman–Crippen MR) is 133 cm³/mol. The summed E-state index contributed by atoms with van der Waals surface area (Å²) in [5, 5.41) is 9.81. The number of aryl methyl sites for hydroxylation is 1. The van der Waals surface area contributed by atoms with Crippen molar-refractivity contribution in [2.24, 2.45) is 0 Å². The van der Waals surface area contributed by atoms with Crippen molar-refractivity contribution in [1.29, 1.82) is 0 Å². The van der Waals surface area contributed by atoms with E-state index in [1.165, 1.54) is 0 Å². The largest absolute Gasteiger partial charge is 0.355 e. The van der Waals surface area contributed by atoms with E-state index in [2.05, 4.69) is 20.9 Å². The fraction of sp³-hybridized carbons (Fsp3) is 0.148. The van der Waals surface area contributed by atoms with Gasteiger partial charge < -0.3 is 16.0 Å². The molecule has 6 heteroatoms. The van der Waals surface area contributed by atoms with E-state index in [1.807, 2.05) is 80.6 Å². The maximum absolute atomic E-state index is 12.8. The molecule has 0 unspecified atom stereocenters. The fourth-order valence-corrected chi connectivity index (χ4v) is 3.83. The number of nitrogens with zero attached hydrogens (tertiary/aromatic N) is 1. The Balaban J connectivity index is 1.86. The number of rotatable bonds is 6. The zero-order chi connectivity index (χ0) is 23.4. The van der Waals surface area contributed by atoms with Crippen LogP contribution < -0.4 is 16.0 Å². The summed E-state index contributed by atoms with van der Waals surface area (Å²) in [6, 6.07) is 21.5. The number of carbonyl (C=O) groups excluding carboxylic acids is 2. The highest BCUT2D eigenvalue weighted by atomic mass is 16.2. The quantitative estimate of drug-likeness (QED) is 0.393. The Kier molecular flexibility index (Phi) is 6.36. The van der Waals surface area contributed by atoms with Gasteiger partial charge in [0.25, 0.3) is 11.8 Å². The highest BCUT2D eigenvalue weighted by Crippen LogP contribution is 2.33. The lowest BCUT2D eigenvalue weighted by Gasteiger charge is -2.16. The van der Waals surface area contributed by atoms with Gasteiger partial charge in [0.2, 0.25) is 0 Å². The topological polar surface area (TPSA) is 83.1 Å². The molecule has 166 valence electrons. The van der Waals surface area contributed by atoms with Gasteiger partial charge in [-0.25, -0.2) is 0 Å². The zero-order valence-electron chi connectivity index (χ0n) is 18.9. The Morgan fingerprint density at radius 1 is 0.879 bits per heavy atom. The van der Waals surface area contributed by atoms with Crippen molar-refractivity contribution in [3.05, 3.63) is 89.6 Å². The summed E-state index contributed by atoms with van der Waals surface area (Å²) in [5.41, 5.74) is 6.35. The Labute approximate surface area is 193 Å². The summed E-state index contributed by atoms with van der Waals surface area (Å²) < 4.78 is 0. The van der Waals surface area contributed by atoms with Gasteiger partial charge in [-0.1, -0.05) is 36.4 Å². The van der Waals surface area contributed by atoms with Crippen LogP contribution in [0.2, 0.25) is 0 Å². The standard InChI is InChI=1S/C27H26N4O2/c1-4-29-27(33)23-16-30-24-13-11-19(18-10-12-21(17(2)14-18)26(32)28-3)15-22(24)25(23)31-20-8-6-5-7-9-20/h5-16H,4H2,1-3H3,(H,28,32)(H,29,33)(H,30,31). The van der Waals surface area contributed by atoms with Gasteiger partial charge in [-0.3, -0.25) is 14.6 Å². The Bertz CT molecular complexity index is 1330. The van der Waals surface area contributed by atoms with Crippen molar-refractivity contribution in [2.75, 3.05) is 18.9 Å². The van der Waals surface area contributed by atoms with Crippen LogP contribution in [0.5, 0.6) is 0 Å². The number of amides is 2. The van der Waals surface area contributed by atoms with Crippen LogP contribution in [-0.4, -0.2) is 30.4 Å². The number of nitrogens with one attached hydrogen (secondary N) is 3. The molecule has 0 atom stereocenters. The minimum Gasteiger partial charge on any atom is -0.355 e. The first-order valence-corrected chi connectivity index (χ1v) is 10.9. The number of aromatic nitrogens is 1. The van der Waals surface area contributed by atoms with Crippen molar-refractivity contribution < 1.29 is 9.59 Å². The summed E-state index contributed by atoms with van der Waals surface area (Å²) in [7, 11) is 1.62. The lowest BCUT2D eigenvalue weighted by atomic mass is 9.97. The van der Waals surface area contributed by atoms with Crippen molar-refractivity contribution in [2.45, 2.75) is 13.8 Å². The first kappa shape index (κ1) is 22.0. The molecule has 0 saturated carbocycles. The molecule has 0 aliphatic carbocycles. The SMILES string of the molecule is CCNC(=O)c1cnc2ccc(-c3ccc(C(=O)NC)c(C)c3)cc2c1Nc1ccccc1. The third-order valence-electron chi connectivity index (χ3n) is 5.52. The van der Waals surface area contributed by atoms with Gasteiger partial charge >= 0.3 is 0 Å². The molecule has 0 saturated heterocycles. The van der Waals surface area contributed by atoms with Gasteiger partial charge in [-0.2, -0.15) is 0 Å².